The van der Waals surface area contributed by atoms with Gasteiger partial charge in [-0.15, -0.1) is 0 Å². The first-order chi connectivity index (χ1) is 19.4. The molecule has 1 aliphatic rings. The fraction of sp³-hybridized carbons (Fsp3) is 0.345. The first kappa shape index (κ1) is 26.9. The van der Waals surface area contributed by atoms with Gasteiger partial charge in [-0.05, 0) is 56.5 Å². The smallest absolute Gasteiger partial charge is 0.258 e. The lowest BCUT2D eigenvalue weighted by Gasteiger charge is -2.21. The lowest BCUT2D eigenvalue weighted by atomic mass is 10.1. The molecule has 2 amide bonds. The summed E-state index contributed by atoms with van der Waals surface area (Å²) in [7, 11) is 3.81. The first-order valence-electron chi connectivity index (χ1n) is 13.4. The fourth-order valence-corrected chi connectivity index (χ4v) is 4.93. The van der Waals surface area contributed by atoms with Gasteiger partial charge < -0.3 is 19.5 Å². The van der Waals surface area contributed by atoms with Gasteiger partial charge >= 0.3 is 0 Å². The zero-order chi connectivity index (χ0) is 28.2. The minimum Gasteiger partial charge on any atom is -0.477 e. The van der Waals surface area contributed by atoms with E-state index in [1.165, 1.54) is 6.08 Å². The van der Waals surface area contributed by atoms with Crippen LogP contribution in [0.25, 0.3) is 22.3 Å². The molecule has 4 aromatic rings. The molecule has 2 N–H and O–H groups in total. The molecule has 0 saturated heterocycles. The van der Waals surface area contributed by atoms with Gasteiger partial charge in [0.1, 0.15) is 0 Å². The van der Waals surface area contributed by atoms with Crippen molar-refractivity contribution < 1.29 is 14.3 Å². The van der Waals surface area contributed by atoms with Crippen molar-refractivity contribution in [3.05, 3.63) is 60.4 Å². The Morgan fingerprint density at radius 2 is 2.10 bits per heavy atom. The lowest BCUT2D eigenvalue weighted by Crippen LogP contribution is -2.32. The van der Waals surface area contributed by atoms with Gasteiger partial charge in [0.2, 0.25) is 17.7 Å². The van der Waals surface area contributed by atoms with Gasteiger partial charge in [0.15, 0.2) is 0 Å². The van der Waals surface area contributed by atoms with Crippen LogP contribution < -0.4 is 20.3 Å². The molecule has 0 radical (unpaired) electrons. The Balaban J connectivity index is 1.52. The minimum absolute atomic E-state index is 0.205. The molecule has 0 atom stereocenters. The van der Waals surface area contributed by atoms with E-state index in [0.717, 1.165) is 41.5 Å². The van der Waals surface area contributed by atoms with Crippen molar-refractivity contribution in [2.24, 2.45) is 7.05 Å². The standard InChI is InChI=1S/C29H34N8O3/c1-5-25(38)30-12-14-35(3)24-11-9-10-22-26(24)37-13-7-6-8-15-40-28-21(18-31-36(28)4)23-17-20(16-19(2)32-23)27(39)34-29(37)33-22/h5,9-11,16-18H,1,6-8,12-15H2,2-4H3,(H,30,38)(H,33,34,39). The summed E-state index contributed by atoms with van der Waals surface area (Å²) in [5, 5.41) is 10.2. The van der Waals surface area contributed by atoms with Crippen molar-refractivity contribution in [2.75, 3.05) is 37.0 Å². The quantitative estimate of drug-likeness (QED) is 0.369. The number of para-hydroxylation sites is 1. The van der Waals surface area contributed by atoms with Gasteiger partial charge in [-0.25, -0.2) is 9.67 Å². The third-order valence-corrected chi connectivity index (χ3v) is 6.95. The molecule has 11 nitrogen and oxygen atoms in total. The number of amides is 2. The summed E-state index contributed by atoms with van der Waals surface area (Å²) in [4.78, 5) is 36.7. The second-order valence-corrected chi connectivity index (χ2v) is 9.88. The summed E-state index contributed by atoms with van der Waals surface area (Å²) in [6.07, 6.45) is 5.65. The van der Waals surface area contributed by atoms with Crippen LogP contribution in [0.4, 0.5) is 11.6 Å². The third-order valence-electron chi connectivity index (χ3n) is 6.95. The van der Waals surface area contributed by atoms with Gasteiger partial charge in [-0.2, -0.15) is 5.10 Å². The van der Waals surface area contributed by atoms with Crippen LogP contribution in [0, 0.1) is 6.92 Å². The maximum absolute atomic E-state index is 13.6. The molecule has 0 fully saturated rings. The summed E-state index contributed by atoms with van der Waals surface area (Å²) in [6, 6.07) is 9.45. The number of fused-ring (bicyclic) bond motifs is 7. The number of likely N-dealkylation sites (N-methyl/N-ethyl adjacent to an activating group) is 1. The number of aryl methyl sites for hydroxylation is 3. The third kappa shape index (κ3) is 5.54. The molecule has 208 valence electrons. The molecule has 3 aromatic heterocycles. The second-order valence-electron chi connectivity index (χ2n) is 9.88. The van der Waals surface area contributed by atoms with E-state index >= 15 is 0 Å². The molecule has 0 unspecified atom stereocenters. The molecule has 1 aromatic carbocycles. The number of hydrogen-bond donors (Lipinski definition) is 2. The molecule has 0 spiro atoms. The summed E-state index contributed by atoms with van der Waals surface area (Å²) in [5.74, 6) is 0.648. The van der Waals surface area contributed by atoms with E-state index in [1.54, 1.807) is 23.0 Å². The van der Waals surface area contributed by atoms with Crippen LogP contribution in [-0.2, 0) is 18.4 Å². The van der Waals surface area contributed by atoms with Crippen LogP contribution in [0.2, 0.25) is 0 Å². The average molecular weight is 543 g/mol. The minimum atomic E-state index is -0.272. The number of aromatic nitrogens is 5. The molecular weight excluding hydrogens is 508 g/mol. The van der Waals surface area contributed by atoms with E-state index in [1.807, 2.05) is 39.2 Å². The number of benzene rings is 1. The number of carbonyl (C=O) groups excluding carboxylic acids is 2. The lowest BCUT2D eigenvalue weighted by molar-refractivity contribution is -0.116. The van der Waals surface area contributed by atoms with E-state index < -0.39 is 0 Å². The average Bonchev–Trinajstić information content (AvgIpc) is 3.48. The first-order valence-corrected chi connectivity index (χ1v) is 13.4. The largest absolute Gasteiger partial charge is 0.477 e. The van der Waals surface area contributed by atoms with Crippen LogP contribution in [-0.4, -0.2) is 62.9 Å². The molecule has 1 aliphatic heterocycles. The highest BCUT2D eigenvalue weighted by molar-refractivity contribution is 6.05. The number of pyridine rings is 1. The maximum Gasteiger partial charge on any atom is 0.258 e. The Labute approximate surface area is 232 Å². The zero-order valence-corrected chi connectivity index (χ0v) is 23.1. The van der Waals surface area contributed by atoms with E-state index in [9.17, 15) is 9.59 Å². The monoisotopic (exact) mass is 542 g/mol. The maximum atomic E-state index is 13.6. The van der Waals surface area contributed by atoms with Crippen molar-refractivity contribution in [1.29, 1.82) is 0 Å². The molecule has 2 bridgehead atoms. The van der Waals surface area contributed by atoms with Gasteiger partial charge in [-0.3, -0.25) is 19.9 Å². The highest BCUT2D eigenvalue weighted by Gasteiger charge is 2.21. The number of anilines is 2. The Hall–Kier alpha value is -4.67. The summed E-state index contributed by atoms with van der Waals surface area (Å²) >= 11 is 0. The Bertz CT molecular complexity index is 1570. The molecule has 5 rings (SSSR count). The number of carbonyl (C=O) groups is 2. The van der Waals surface area contributed by atoms with E-state index in [-0.39, 0.29) is 11.8 Å². The molecule has 0 aliphatic carbocycles. The fourth-order valence-electron chi connectivity index (χ4n) is 4.93. The number of nitrogens with one attached hydrogen (secondary N) is 2. The van der Waals surface area contributed by atoms with Crippen molar-refractivity contribution in [1.82, 2.24) is 29.6 Å². The van der Waals surface area contributed by atoms with Crippen LogP contribution in [0.5, 0.6) is 5.88 Å². The number of hydrogen-bond acceptors (Lipinski definition) is 7. The van der Waals surface area contributed by atoms with Gasteiger partial charge in [0, 0.05) is 45.0 Å². The van der Waals surface area contributed by atoms with E-state index in [4.69, 9.17) is 9.72 Å². The van der Waals surface area contributed by atoms with Crippen molar-refractivity contribution >= 4 is 34.5 Å². The van der Waals surface area contributed by atoms with E-state index in [2.05, 4.69) is 36.8 Å². The van der Waals surface area contributed by atoms with Crippen molar-refractivity contribution in [2.45, 2.75) is 32.7 Å². The van der Waals surface area contributed by atoms with Crippen LogP contribution in [0.15, 0.2) is 49.2 Å². The number of nitrogens with zero attached hydrogens (tertiary/aromatic N) is 6. The van der Waals surface area contributed by atoms with Gasteiger partial charge in [0.25, 0.3) is 5.91 Å². The summed E-state index contributed by atoms with van der Waals surface area (Å²) in [6.45, 7) is 7.64. The predicted octanol–water partition coefficient (Wildman–Crippen LogP) is 3.69. The van der Waals surface area contributed by atoms with Crippen molar-refractivity contribution in [3.63, 3.8) is 0 Å². The number of imidazole rings is 1. The topological polar surface area (TPSA) is 119 Å². The van der Waals surface area contributed by atoms with Crippen LogP contribution in [0.3, 0.4) is 0 Å². The van der Waals surface area contributed by atoms with E-state index in [0.29, 0.717) is 55.0 Å². The number of ether oxygens (including phenoxy) is 1. The predicted molar refractivity (Wildman–Crippen MR) is 155 cm³/mol. The molecule has 0 saturated carbocycles. The number of rotatable bonds is 5. The molecular formula is C29H34N8O3. The Morgan fingerprint density at radius 1 is 1.25 bits per heavy atom. The molecule has 4 heterocycles. The summed E-state index contributed by atoms with van der Waals surface area (Å²) in [5.41, 5.74) is 5.24. The van der Waals surface area contributed by atoms with Crippen LogP contribution in [0.1, 0.15) is 35.3 Å². The molecule has 40 heavy (non-hydrogen) atoms. The van der Waals surface area contributed by atoms with Gasteiger partial charge in [-0.1, -0.05) is 12.6 Å². The molecule has 11 heteroatoms. The Kier molecular flexibility index (Phi) is 7.81. The summed E-state index contributed by atoms with van der Waals surface area (Å²) < 4.78 is 9.91. The zero-order valence-electron chi connectivity index (χ0n) is 23.1. The highest BCUT2D eigenvalue weighted by atomic mass is 16.5. The van der Waals surface area contributed by atoms with Crippen molar-refractivity contribution in [3.8, 4) is 17.1 Å². The second kappa shape index (κ2) is 11.6. The SMILES string of the molecule is C=CC(=O)NCCN(C)c1cccc2nc3n(c12)CCCCCOc1c(cnn1C)-c1cc(cc(C)n1)C(=O)N3. The normalized spacial score (nSPS) is 13.7. The highest BCUT2D eigenvalue weighted by Crippen LogP contribution is 2.32. The Morgan fingerprint density at radius 3 is 2.92 bits per heavy atom. The van der Waals surface area contributed by atoms with Gasteiger partial charge in [0.05, 0.1) is 40.8 Å². The van der Waals surface area contributed by atoms with Crippen LogP contribution >= 0.6 is 0 Å².